The number of fused-ring (bicyclic) bond motifs is 2. The quantitative estimate of drug-likeness (QED) is 0.538. The smallest absolute Gasteiger partial charge is 0.262 e. The van der Waals surface area contributed by atoms with Crippen LogP contribution < -0.4 is 10.5 Å². The maximum absolute atomic E-state index is 13.1. The van der Waals surface area contributed by atoms with E-state index < -0.39 is 0 Å². The van der Waals surface area contributed by atoms with Crippen LogP contribution in [0.15, 0.2) is 65.6 Å². The van der Waals surface area contributed by atoms with Gasteiger partial charge in [0, 0.05) is 17.9 Å². The fraction of sp³-hybridized carbons (Fsp3) is 0.160. The fourth-order valence-electron chi connectivity index (χ4n) is 4.08. The number of aromatic nitrogens is 3. The number of aromatic amines is 1. The van der Waals surface area contributed by atoms with E-state index in [1.165, 1.54) is 11.1 Å². The Morgan fingerprint density at radius 3 is 2.70 bits per heavy atom. The van der Waals surface area contributed by atoms with Crippen molar-refractivity contribution in [1.82, 2.24) is 15.0 Å². The summed E-state index contributed by atoms with van der Waals surface area (Å²) in [5, 5.41) is 0.504. The number of nitrogens with one attached hydrogen (secondary N) is 1. The van der Waals surface area contributed by atoms with E-state index in [1.54, 1.807) is 6.20 Å². The van der Waals surface area contributed by atoms with Gasteiger partial charge < -0.3 is 4.90 Å². The molecule has 0 aliphatic carbocycles. The van der Waals surface area contributed by atoms with Crippen LogP contribution in [0.2, 0.25) is 0 Å². The van der Waals surface area contributed by atoms with E-state index >= 15 is 0 Å². The molecule has 3 heterocycles. The molecule has 5 nitrogen and oxygen atoms in total. The van der Waals surface area contributed by atoms with Gasteiger partial charge in [0.2, 0.25) is 5.95 Å². The first-order valence-corrected chi connectivity index (χ1v) is 10.1. The van der Waals surface area contributed by atoms with Crippen LogP contribution in [0.5, 0.6) is 0 Å². The second kappa shape index (κ2) is 7.26. The Bertz CT molecular complexity index is 1320. The third-order valence-corrected chi connectivity index (χ3v) is 5.60. The zero-order valence-corrected chi connectivity index (χ0v) is 17.0. The normalized spacial score (nSPS) is 15.8. The average molecular weight is 394 g/mol. The first-order valence-electron chi connectivity index (χ1n) is 10.1. The summed E-state index contributed by atoms with van der Waals surface area (Å²) >= 11 is 0. The SMILES string of the molecule is Cc1ccc(/C=C/c2ccnc3nc(N4c5ccccc5C[C@H]4C)[nH]c(=O)c23)cc1. The van der Waals surface area contributed by atoms with Crippen molar-refractivity contribution in [2.75, 3.05) is 4.90 Å². The molecule has 0 saturated carbocycles. The Morgan fingerprint density at radius 1 is 1.07 bits per heavy atom. The number of anilines is 2. The number of hydrogen-bond acceptors (Lipinski definition) is 4. The minimum absolute atomic E-state index is 0.178. The maximum atomic E-state index is 13.1. The Hall–Kier alpha value is -3.73. The first kappa shape index (κ1) is 18.3. The van der Waals surface area contributed by atoms with Gasteiger partial charge in [0.25, 0.3) is 5.56 Å². The van der Waals surface area contributed by atoms with Crippen LogP contribution >= 0.6 is 0 Å². The van der Waals surface area contributed by atoms with Crippen molar-refractivity contribution in [2.45, 2.75) is 26.3 Å². The lowest BCUT2D eigenvalue weighted by Crippen LogP contribution is -2.28. The van der Waals surface area contributed by atoms with E-state index in [4.69, 9.17) is 4.98 Å². The summed E-state index contributed by atoms with van der Waals surface area (Å²) in [7, 11) is 0. The molecule has 2 aromatic heterocycles. The van der Waals surface area contributed by atoms with Gasteiger partial charge in [-0.25, -0.2) is 4.98 Å². The molecule has 148 valence electrons. The van der Waals surface area contributed by atoms with Crippen LogP contribution in [0, 0.1) is 6.92 Å². The van der Waals surface area contributed by atoms with Crippen molar-refractivity contribution in [3.63, 3.8) is 0 Å². The number of rotatable bonds is 3. The van der Waals surface area contributed by atoms with Crippen LogP contribution in [0.4, 0.5) is 11.6 Å². The predicted octanol–water partition coefficient (Wildman–Crippen LogP) is 4.88. The minimum atomic E-state index is -0.178. The topological polar surface area (TPSA) is 61.9 Å². The second-order valence-corrected chi connectivity index (χ2v) is 7.78. The van der Waals surface area contributed by atoms with E-state index in [0.717, 1.165) is 23.2 Å². The molecule has 2 aromatic carbocycles. The maximum Gasteiger partial charge on any atom is 0.262 e. The molecular formula is C25H22N4O. The van der Waals surface area contributed by atoms with Gasteiger partial charge in [-0.1, -0.05) is 60.2 Å². The van der Waals surface area contributed by atoms with Crippen molar-refractivity contribution in [3.05, 3.63) is 93.4 Å². The molecule has 1 atom stereocenters. The van der Waals surface area contributed by atoms with Gasteiger partial charge >= 0.3 is 0 Å². The van der Waals surface area contributed by atoms with Crippen LogP contribution in [-0.2, 0) is 6.42 Å². The van der Waals surface area contributed by atoms with Crippen molar-refractivity contribution >= 4 is 34.8 Å². The third-order valence-electron chi connectivity index (χ3n) is 5.60. The highest BCUT2D eigenvalue weighted by Crippen LogP contribution is 2.36. The minimum Gasteiger partial charge on any atom is -0.309 e. The summed E-state index contributed by atoms with van der Waals surface area (Å²) in [6.07, 6.45) is 6.57. The molecule has 0 radical (unpaired) electrons. The van der Waals surface area contributed by atoms with Crippen LogP contribution in [-0.4, -0.2) is 21.0 Å². The molecule has 0 amide bonds. The molecule has 0 fully saturated rings. The van der Waals surface area contributed by atoms with E-state index in [2.05, 4.69) is 65.1 Å². The molecule has 0 bridgehead atoms. The molecule has 5 rings (SSSR count). The van der Waals surface area contributed by atoms with E-state index in [0.29, 0.717) is 17.0 Å². The standard InChI is InChI=1S/C25H22N4O/c1-16-7-9-18(10-8-16)11-12-19-13-14-26-23-22(19)24(30)28-25(27-23)29-17(2)15-20-5-3-4-6-21(20)29/h3-14,17H,15H2,1-2H3,(H,26,27,28,30)/b12-11+/t17-/m1/s1. The lowest BCUT2D eigenvalue weighted by Gasteiger charge is -2.23. The van der Waals surface area contributed by atoms with E-state index in [-0.39, 0.29) is 11.6 Å². The highest BCUT2D eigenvalue weighted by Gasteiger charge is 2.28. The van der Waals surface area contributed by atoms with Gasteiger partial charge in [0.1, 0.15) is 0 Å². The zero-order valence-electron chi connectivity index (χ0n) is 17.0. The van der Waals surface area contributed by atoms with Crippen LogP contribution in [0.3, 0.4) is 0 Å². The zero-order chi connectivity index (χ0) is 20.7. The molecule has 0 spiro atoms. The molecule has 1 aliphatic rings. The molecule has 30 heavy (non-hydrogen) atoms. The summed E-state index contributed by atoms with van der Waals surface area (Å²) in [4.78, 5) is 27.3. The molecule has 0 unspecified atom stereocenters. The summed E-state index contributed by atoms with van der Waals surface area (Å²) in [5.41, 5.74) is 5.72. The Balaban J connectivity index is 1.58. The van der Waals surface area contributed by atoms with Gasteiger partial charge in [-0.3, -0.25) is 9.78 Å². The average Bonchev–Trinajstić information content (AvgIpc) is 3.08. The van der Waals surface area contributed by atoms with Crippen molar-refractivity contribution in [2.24, 2.45) is 0 Å². The monoisotopic (exact) mass is 394 g/mol. The lowest BCUT2D eigenvalue weighted by molar-refractivity contribution is 0.740. The lowest BCUT2D eigenvalue weighted by atomic mass is 10.1. The third kappa shape index (κ3) is 3.18. The molecule has 4 aromatic rings. The van der Waals surface area contributed by atoms with Gasteiger partial charge in [0.15, 0.2) is 5.65 Å². The number of hydrogen-bond donors (Lipinski definition) is 1. The van der Waals surface area contributed by atoms with E-state index in [1.807, 2.05) is 30.4 Å². The molecule has 1 N–H and O–H groups in total. The largest absolute Gasteiger partial charge is 0.309 e. The highest BCUT2D eigenvalue weighted by molar-refractivity contribution is 5.88. The van der Waals surface area contributed by atoms with Gasteiger partial charge in [-0.05, 0) is 49.1 Å². The van der Waals surface area contributed by atoms with Crippen LogP contribution in [0.25, 0.3) is 23.2 Å². The first-order chi connectivity index (χ1) is 14.6. The molecular weight excluding hydrogens is 372 g/mol. The number of benzene rings is 2. The van der Waals surface area contributed by atoms with Crippen molar-refractivity contribution < 1.29 is 0 Å². The summed E-state index contributed by atoms with van der Waals surface area (Å²) in [5.74, 6) is 0.539. The molecule has 5 heteroatoms. The second-order valence-electron chi connectivity index (χ2n) is 7.78. The highest BCUT2D eigenvalue weighted by atomic mass is 16.1. The fourth-order valence-corrected chi connectivity index (χ4v) is 4.08. The summed E-state index contributed by atoms with van der Waals surface area (Å²) in [6, 6.07) is 18.6. The van der Waals surface area contributed by atoms with Crippen molar-refractivity contribution in [3.8, 4) is 0 Å². The number of nitrogens with zero attached hydrogens (tertiary/aromatic N) is 3. The summed E-state index contributed by atoms with van der Waals surface area (Å²) < 4.78 is 0. The van der Waals surface area contributed by atoms with Gasteiger partial charge in [-0.15, -0.1) is 0 Å². The Morgan fingerprint density at radius 2 is 1.87 bits per heavy atom. The number of H-pyrrole nitrogens is 1. The number of aryl methyl sites for hydroxylation is 1. The molecule has 1 aliphatic heterocycles. The summed E-state index contributed by atoms with van der Waals surface area (Å²) in [6.45, 7) is 4.20. The number of para-hydroxylation sites is 1. The van der Waals surface area contributed by atoms with Gasteiger partial charge in [0.05, 0.1) is 5.39 Å². The molecule has 0 saturated heterocycles. The van der Waals surface area contributed by atoms with Crippen LogP contribution in [0.1, 0.15) is 29.2 Å². The number of pyridine rings is 1. The Labute approximate surface area is 174 Å². The van der Waals surface area contributed by atoms with Crippen molar-refractivity contribution in [1.29, 1.82) is 0 Å². The van der Waals surface area contributed by atoms with E-state index in [9.17, 15) is 4.79 Å². The Kier molecular flexibility index (Phi) is 4.43. The predicted molar refractivity (Wildman–Crippen MR) is 122 cm³/mol. The van der Waals surface area contributed by atoms with Gasteiger partial charge in [-0.2, -0.15) is 4.98 Å².